The SMILES string of the molecule is O=S(=O)(NOCc1ccccc1)c1c(Cl)cccc1Cl. The Kier molecular flexibility index (Phi) is 5.01. The third-order valence-corrected chi connectivity index (χ3v) is 4.61. The first-order chi connectivity index (χ1) is 9.50. The third kappa shape index (κ3) is 3.71. The molecule has 0 aliphatic rings. The van der Waals surface area contributed by atoms with Crippen molar-refractivity contribution in [1.29, 1.82) is 0 Å². The highest BCUT2D eigenvalue weighted by molar-refractivity contribution is 7.89. The van der Waals surface area contributed by atoms with E-state index in [0.717, 1.165) is 5.56 Å². The van der Waals surface area contributed by atoms with E-state index < -0.39 is 10.0 Å². The average molecular weight is 332 g/mol. The van der Waals surface area contributed by atoms with E-state index in [2.05, 4.69) is 0 Å². The van der Waals surface area contributed by atoms with E-state index in [9.17, 15) is 8.42 Å². The summed E-state index contributed by atoms with van der Waals surface area (Å²) < 4.78 is 24.1. The Morgan fingerprint density at radius 1 is 0.950 bits per heavy atom. The monoisotopic (exact) mass is 331 g/mol. The van der Waals surface area contributed by atoms with Crippen LogP contribution in [0.3, 0.4) is 0 Å². The number of rotatable bonds is 5. The molecule has 20 heavy (non-hydrogen) atoms. The Balaban J connectivity index is 2.09. The lowest BCUT2D eigenvalue weighted by Crippen LogP contribution is -2.24. The van der Waals surface area contributed by atoms with Crippen LogP contribution >= 0.6 is 23.2 Å². The van der Waals surface area contributed by atoms with Crippen LogP contribution in [0.15, 0.2) is 53.4 Å². The van der Waals surface area contributed by atoms with Crippen LogP contribution in [0.4, 0.5) is 0 Å². The first-order valence-electron chi connectivity index (χ1n) is 5.62. The molecule has 0 aromatic heterocycles. The molecule has 7 heteroatoms. The summed E-state index contributed by atoms with van der Waals surface area (Å²) in [5.74, 6) is 0. The molecule has 0 fully saturated rings. The summed E-state index contributed by atoms with van der Waals surface area (Å²) in [7, 11) is -3.93. The van der Waals surface area contributed by atoms with Crippen molar-refractivity contribution < 1.29 is 13.3 Å². The van der Waals surface area contributed by atoms with Crippen LogP contribution in [0.25, 0.3) is 0 Å². The maximum Gasteiger partial charge on any atom is 0.265 e. The zero-order valence-electron chi connectivity index (χ0n) is 10.2. The van der Waals surface area contributed by atoms with Gasteiger partial charge in [0, 0.05) is 0 Å². The lowest BCUT2D eigenvalue weighted by atomic mass is 10.2. The predicted molar refractivity (Wildman–Crippen MR) is 78.0 cm³/mol. The molecule has 1 N–H and O–H groups in total. The molecule has 0 unspecified atom stereocenters. The summed E-state index contributed by atoms with van der Waals surface area (Å²) in [6.07, 6.45) is 0. The summed E-state index contributed by atoms with van der Waals surface area (Å²) in [6, 6.07) is 13.6. The van der Waals surface area contributed by atoms with Gasteiger partial charge < -0.3 is 0 Å². The fourth-order valence-electron chi connectivity index (χ4n) is 1.55. The predicted octanol–water partition coefficient (Wildman–Crippen LogP) is 3.40. The van der Waals surface area contributed by atoms with E-state index in [1.807, 2.05) is 35.2 Å². The summed E-state index contributed by atoms with van der Waals surface area (Å²) in [4.78, 5) is 6.80. The molecular weight excluding hydrogens is 321 g/mol. The minimum Gasteiger partial charge on any atom is -0.282 e. The van der Waals surface area contributed by atoms with E-state index >= 15 is 0 Å². The van der Waals surface area contributed by atoms with Crippen LogP contribution in [0, 0.1) is 0 Å². The number of nitrogens with one attached hydrogen (secondary N) is 1. The highest BCUT2D eigenvalue weighted by atomic mass is 35.5. The Bertz CT molecular complexity index is 670. The number of hydrogen-bond donors (Lipinski definition) is 1. The highest BCUT2D eigenvalue weighted by Crippen LogP contribution is 2.28. The van der Waals surface area contributed by atoms with Crippen LogP contribution in [0.1, 0.15) is 5.56 Å². The Labute approximate surface area is 127 Å². The standard InChI is InChI=1S/C13H11Cl2NO3S/c14-11-7-4-8-12(15)13(11)20(17,18)16-19-9-10-5-2-1-3-6-10/h1-8,16H,9H2. The summed E-state index contributed by atoms with van der Waals surface area (Å²) >= 11 is 11.7. The lowest BCUT2D eigenvalue weighted by molar-refractivity contribution is 0.0795. The third-order valence-electron chi connectivity index (χ3n) is 2.44. The van der Waals surface area contributed by atoms with Gasteiger partial charge in [-0.1, -0.05) is 64.5 Å². The molecule has 0 radical (unpaired) electrons. The summed E-state index contributed by atoms with van der Waals surface area (Å²) in [6.45, 7) is 0.0993. The summed E-state index contributed by atoms with van der Waals surface area (Å²) in [5.41, 5.74) is 0.834. The van der Waals surface area contributed by atoms with Crippen LogP contribution in [0.5, 0.6) is 0 Å². The van der Waals surface area contributed by atoms with Crippen LogP contribution in [-0.4, -0.2) is 8.42 Å². The number of sulfonamides is 1. The molecule has 2 rings (SSSR count). The molecule has 2 aromatic rings. The van der Waals surface area contributed by atoms with Gasteiger partial charge in [0.15, 0.2) is 0 Å². The molecule has 106 valence electrons. The lowest BCUT2D eigenvalue weighted by Gasteiger charge is -2.10. The van der Waals surface area contributed by atoms with Gasteiger partial charge in [-0.05, 0) is 17.7 Å². The van der Waals surface area contributed by atoms with Crippen LogP contribution < -0.4 is 4.89 Å². The Hall–Kier alpha value is -1.11. The minimum absolute atomic E-state index is 0.0355. The highest BCUT2D eigenvalue weighted by Gasteiger charge is 2.21. The van der Waals surface area contributed by atoms with Crippen molar-refractivity contribution in [3.63, 3.8) is 0 Å². The van der Waals surface area contributed by atoms with Gasteiger partial charge in [-0.2, -0.15) is 0 Å². The fourth-order valence-corrected chi connectivity index (χ4v) is 3.50. The Morgan fingerprint density at radius 3 is 2.15 bits per heavy atom. The molecule has 0 amide bonds. The second-order valence-electron chi connectivity index (χ2n) is 3.91. The minimum atomic E-state index is -3.93. The number of halogens is 2. The molecule has 0 aliphatic heterocycles. The van der Waals surface area contributed by atoms with E-state index in [-0.39, 0.29) is 21.5 Å². The second-order valence-corrected chi connectivity index (χ2v) is 6.31. The number of benzene rings is 2. The van der Waals surface area contributed by atoms with Gasteiger partial charge in [0.2, 0.25) is 0 Å². The van der Waals surface area contributed by atoms with Gasteiger partial charge in [0.05, 0.1) is 16.7 Å². The van der Waals surface area contributed by atoms with Crippen molar-refractivity contribution in [2.45, 2.75) is 11.5 Å². The van der Waals surface area contributed by atoms with E-state index in [1.54, 1.807) is 6.07 Å². The van der Waals surface area contributed by atoms with Gasteiger partial charge in [0.1, 0.15) is 4.90 Å². The number of hydrogen-bond acceptors (Lipinski definition) is 3. The zero-order valence-corrected chi connectivity index (χ0v) is 12.5. The topological polar surface area (TPSA) is 55.4 Å². The molecule has 0 aliphatic carbocycles. The molecule has 2 aromatic carbocycles. The van der Waals surface area contributed by atoms with Crippen LogP contribution in [0.2, 0.25) is 10.0 Å². The molecule has 0 saturated carbocycles. The normalized spacial score (nSPS) is 11.5. The fraction of sp³-hybridized carbons (Fsp3) is 0.0769. The van der Waals surface area contributed by atoms with Crippen molar-refractivity contribution >= 4 is 33.2 Å². The van der Waals surface area contributed by atoms with E-state index in [0.29, 0.717) is 0 Å². The average Bonchev–Trinajstić information content (AvgIpc) is 2.39. The Morgan fingerprint density at radius 2 is 1.55 bits per heavy atom. The van der Waals surface area contributed by atoms with E-state index in [4.69, 9.17) is 28.0 Å². The van der Waals surface area contributed by atoms with Crippen LogP contribution in [-0.2, 0) is 21.5 Å². The zero-order chi connectivity index (χ0) is 14.6. The molecule has 0 atom stereocenters. The van der Waals surface area contributed by atoms with Crippen molar-refractivity contribution in [2.24, 2.45) is 0 Å². The van der Waals surface area contributed by atoms with Crippen molar-refractivity contribution in [2.75, 3.05) is 0 Å². The van der Waals surface area contributed by atoms with Crippen molar-refractivity contribution in [3.05, 3.63) is 64.1 Å². The van der Waals surface area contributed by atoms with Gasteiger partial charge in [-0.25, -0.2) is 8.42 Å². The van der Waals surface area contributed by atoms with Crippen molar-refractivity contribution in [1.82, 2.24) is 4.89 Å². The quantitative estimate of drug-likeness (QED) is 0.854. The summed E-state index contributed by atoms with van der Waals surface area (Å²) in [5, 5.41) is 0.0709. The second kappa shape index (κ2) is 6.56. The smallest absolute Gasteiger partial charge is 0.265 e. The molecule has 4 nitrogen and oxygen atoms in total. The maximum atomic E-state index is 12.1. The van der Waals surface area contributed by atoms with Gasteiger partial charge in [-0.15, -0.1) is 0 Å². The molecule has 0 bridgehead atoms. The van der Waals surface area contributed by atoms with Gasteiger partial charge >= 0.3 is 0 Å². The first kappa shape index (κ1) is 15.3. The largest absolute Gasteiger partial charge is 0.282 e. The molecule has 0 heterocycles. The molecule has 0 spiro atoms. The van der Waals surface area contributed by atoms with Crippen molar-refractivity contribution in [3.8, 4) is 0 Å². The first-order valence-corrected chi connectivity index (χ1v) is 7.86. The molecule has 0 saturated heterocycles. The molecular formula is C13H11Cl2NO3S. The van der Waals surface area contributed by atoms with Gasteiger partial charge in [-0.3, -0.25) is 4.84 Å². The van der Waals surface area contributed by atoms with E-state index in [1.165, 1.54) is 12.1 Å². The maximum absolute atomic E-state index is 12.1. The van der Waals surface area contributed by atoms with Gasteiger partial charge in [0.25, 0.3) is 10.0 Å².